The molecule has 19 heavy (non-hydrogen) atoms. The summed E-state index contributed by atoms with van der Waals surface area (Å²) in [6.45, 7) is 1.40. The predicted octanol–water partition coefficient (Wildman–Crippen LogP) is 2.30. The van der Waals surface area contributed by atoms with Gasteiger partial charge in [0.25, 0.3) is 0 Å². The number of hydrogen-bond donors (Lipinski definition) is 1. The minimum atomic E-state index is 0.196. The van der Waals surface area contributed by atoms with Gasteiger partial charge in [-0.3, -0.25) is 4.68 Å². The third-order valence-electron chi connectivity index (χ3n) is 3.62. The van der Waals surface area contributed by atoms with Crippen molar-refractivity contribution in [2.45, 2.75) is 31.8 Å². The lowest BCUT2D eigenvalue weighted by Crippen LogP contribution is -2.17. The number of aryl methyl sites for hydroxylation is 1. The van der Waals surface area contributed by atoms with Crippen molar-refractivity contribution in [1.29, 1.82) is 0 Å². The second-order valence-corrected chi connectivity index (χ2v) is 4.98. The Morgan fingerprint density at radius 2 is 2.37 bits per heavy atom. The average Bonchev–Trinajstić information content (AvgIpc) is 2.92. The van der Waals surface area contributed by atoms with Crippen molar-refractivity contribution in [2.75, 3.05) is 6.61 Å². The maximum absolute atomic E-state index is 6.11. The molecule has 0 bridgehead atoms. The van der Waals surface area contributed by atoms with E-state index in [9.17, 15) is 0 Å². The van der Waals surface area contributed by atoms with Gasteiger partial charge >= 0.3 is 0 Å². The molecule has 0 aliphatic heterocycles. The van der Waals surface area contributed by atoms with Gasteiger partial charge in [-0.15, -0.1) is 0 Å². The molecule has 0 saturated heterocycles. The number of ether oxygens (including phenoxy) is 1. The minimum absolute atomic E-state index is 0.196. The van der Waals surface area contributed by atoms with Crippen LogP contribution in [-0.2, 0) is 13.0 Å². The minimum Gasteiger partial charge on any atom is -0.492 e. The van der Waals surface area contributed by atoms with Gasteiger partial charge in [0, 0.05) is 18.4 Å². The SMILES string of the molecule is NC1CCCc2cc(OCCn3cccn3)ccc21. The lowest BCUT2D eigenvalue weighted by molar-refractivity contribution is 0.290. The maximum atomic E-state index is 6.11. The van der Waals surface area contributed by atoms with Gasteiger partial charge in [-0.25, -0.2) is 0 Å². The van der Waals surface area contributed by atoms with E-state index in [-0.39, 0.29) is 6.04 Å². The van der Waals surface area contributed by atoms with Crippen LogP contribution in [0.2, 0.25) is 0 Å². The Labute approximate surface area is 113 Å². The fourth-order valence-electron chi connectivity index (χ4n) is 2.61. The van der Waals surface area contributed by atoms with Gasteiger partial charge in [-0.1, -0.05) is 6.07 Å². The molecule has 4 heteroatoms. The molecular weight excluding hydrogens is 238 g/mol. The van der Waals surface area contributed by atoms with E-state index in [4.69, 9.17) is 10.5 Å². The Kier molecular flexibility index (Phi) is 3.51. The number of aromatic nitrogens is 2. The van der Waals surface area contributed by atoms with Gasteiger partial charge < -0.3 is 10.5 Å². The molecule has 4 nitrogen and oxygen atoms in total. The first kappa shape index (κ1) is 12.2. The summed E-state index contributed by atoms with van der Waals surface area (Å²) in [4.78, 5) is 0. The van der Waals surface area contributed by atoms with Crippen LogP contribution < -0.4 is 10.5 Å². The highest BCUT2D eigenvalue weighted by Gasteiger charge is 2.16. The Hall–Kier alpha value is -1.81. The van der Waals surface area contributed by atoms with Crippen LogP contribution in [0.1, 0.15) is 30.0 Å². The molecule has 3 rings (SSSR count). The molecule has 0 radical (unpaired) electrons. The molecule has 1 atom stereocenters. The summed E-state index contributed by atoms with van der Waals surface area (Å²) in [6, 6.07) is 8.38. The van der Waals surface area contributed by atoms with Crippen molar-refractivity contribution < 1.29 is 4.74 Å². The van der Waals surface area contributed by atoms with Crippen LogP contribution in [0.5, 0.6) is 5.75 Å². The zero-order chi connectivity index (χ0) is 13.1. The highest BCUT2D eigenvalue weighted by molar-refractivity contribution is 5.38. The topological polar surface area (TPSA) is 53.1 Å². The summed E-state index contributed by atoms with van der Waals surface area (Å²) in [5.41, 5.74) is 8.73. The van der Waals surface area contributed by atoms with Crippen LogP contribution in [0.3, 0.4) is 0 Å². The zero-order valence-corrected chi connectivity index (χ0v) is 11.0. The fraction of sp³-hybridized carbons (Fsp3) is 0.400. The number of fused-ring (bicyclic) bond motifs is 1. The molecule has 0 fully saturated rings. The highest BCUT2D eigenvalue weighted by Crippen LogP contribution is 2.30. The molecule has 1 heterocycles. The number of nitrogens with zero attached hydrogens (tertiary/aromatic N) is 2. The number of hydrogen-bond acceptors (Lipinski definition) is 3. The lowest BCUT2D eigenvalue weighted by atomic mass is 9.88. The molecule has 2 aromatic rings. The van der Waals surface area contributed by atoms with Crippen LogP contribution in [0.15, 0.2) is 36.7 Å². The zero-order valence-electron chi connectivity index (χ0n) is 11.0. The van der Waals surface area contributed by atoms with Gasteiger partial charge in [0.15, 0.2) is 0 Å². The average molecular weight is 257 g/mol. The van der Waals surface area contributed by atoms with E-state index in [1.807, 2.05) is 23.0 Å². The van der Waals surface area contributed by atoms with Crippen molar-refractivity contribution in [2.24, 2.45) is 5.73 Å². The molecular formula is C15H19N3O. The van der Waals surface area contributed by atoms with Gasteiger partial charge in [0.05, 0.1) is 6.54 Å². The molecule has 0 amide bonds. The van der Waals surface area contributed by atoms with Crippen molar-refractivity contribution >= 4 is 0 Å². The van der Waals surface area contributed by atoms with Crippen LogP contribution in [0, 0.1) is 0 Å². The Morgan fingerprint density at radius 3 is 3.21 bits per heavy atom. The Balaban J connectivity index is 1.62. The van der Waals surface area contributed by atoms with E-state index < -0.39 is 0 Å². The van der Waals surface area contributed by atoms with E-state index >= 15 is 0 Å². The third kappa shape index (κ3) is 2.79. The van der Waals surface area contributed by atoms with Crippen molar-refractivity contribution in [3.63, 3.8) is 0 Å². The first-order valence-electron chi connectivity index (χ1n) is 6.81. The number of benzene rings is 1. The standard InChI is InChI=1S/C15H19N3O/c16-15-4-1-3-12-11-13(5-6-14(12)15)19-10-9-18-8-2-7-17-18/h2,5-8,11,15H,1,3-4,9-10,16H2. The second kappa shape index (κ2) is 5.45. The first-order valence-corrected chi connectivity index (χ1v) is 6.81. The van der Waals surface area contributed by atoms with Gasteiger partial charge in [0.1, 0.15) is 12.4 Å². The van der Waals surface area contributed by atoms with E-state index in [2.05, 4.69) is 17.2 Å². The van der Waals surface area contributed by atoms with E-state index in [1.165, 1.54) is 17.5 Å². The molecule has 100 valence electrons. The second-order valence-electron chi connectivity index (χ2n) is 4.98. The molecule has 0 spiro atoms. The van der Waals surface area contributed by atoms with E-state index in [0.717, 1.165) is 25.1 Å². The molecule has 0 saturated carbocycles. The summed E-state index contributed by atoms with van der Waals surface area (Å²) in [5.74, 6) is 0.931. The summed E-state index contributed by atoms with van der Waals surface area (Å²) >= 11 is 0. The van der Waals surface area contributed by atoms with Gasteiger partial charge in [-0.2, -0.15) is 5.10 Å². The van der Waals surface area contributed by atoms with Gasteiger partial charge in [-0.05, 0) is 48.6 Å². The molecule has 1 aliphatic carbocycles. The summed E-state index contributed by atoms with van der Waals surface area (Å²) < 4.78 is 7.65. The summed E-state index contributed by atoms with van der Waals surface area (Å²) in [6.07, 6.45) is 7.09. The maximum Gasteiger partial charge on any atom is 0.119 e. The normalized spacial score (nSPS) is 18.1. The highest BCUT2D eigenvalue weighted by atomic mass is 16.5. The quantitative estimate of drug-likeness (QED) is 0.914. The smallest absolute Gasteiger partial charge is 0.119 e. The molecule has 1 aromatic heterocycles. The van der Waals surface area contributed by atoms with Gasteiger partial charge in [0.2, 0.25) is 0 Å². The van der Waals surface area contributed by atoms with E-state index in [0.29, 0.717) is 6.61 Å². The molecule has 1 aromatic carbocycles. The Bertz CT molecular complexity index is 536. The van der Waals surface area contributed by atoms with E-state index in [1.54, 1.807) is 6.20 Å². The largest absolute Gasteiger partial charge is 0.492 e. The number of nitrogens with two attached hydrogens (primary N) is 1. The predicted molar refractivity (Wildman–Crippen MR) is 74.0 cm³/mol. The van der Waals surface area contributed by atoms with Crippen LogP contribution >= 0.6 is 0 Å². The monoisotopic (exact) mass is 257 g/mol. The molecule has 2 N–H and O–H groups in total. The van der Waals surface area contributed by atoms with Crippen LogP contribution in [-0.4, -0.2) is 16.4 Å². The molecule has 1 unspecified atom stereocenters. The summed E-state index contributed by atoms with van der Waals surface area (Å²) in [5, 5.41) is 4.15. The van der Waals surface area contributed by atoms with Crippen LogP contribution in [0.25, 0.3) is 0 Å². The first-order chi connectivity index (χ1) is 9.33. The van der Waals surface area contributed by atoms with Crippen molar-refractivity contribution in [3.8, 4) is 5.75 Å². The van der Waals surface area contributed by atoms with Crippen molar-refractivity contribution in [1.82, 2.24) is 9.78 Å². The fourth-order valence-corrected chi connectivity index (χ4v) is 2.61. The Morgan fingerprint density at radius 1 is 1.42 bits per heavy atom. The number of rotatable bonds is 4. The third-order valence-corrected chi connectivity index (χ3v) is 3.62. The summed E-state index contributed by atoms with van der Waals surface area (Å²) in [7, 11) is 0. The lowest BCUT2D eigenvalue weighted by Gasteiger charge is -2.22. The van der Waals surface area contributed by atoms with Crippen molar-refractivity contribution in [3.05, 3.63) is 47.8 Å². The van der Waals surface area contributed by atoms with Crippen LogP contribution in [0.4, 0.5) is 0 Å². The molecule has 1 aliphatic rings.